The van der Waals surface area contributed by atoms with E-state index in [4.69, 9.17) is 4.74 Å². The fraction of sp³-hybridized carbons (Fsp3) is 0.300. The summed E-state index contributed by atoms with van der Waals surface area (Å²) in [5.74, 6) is 0.821. The summed E-state index contributed by atoms with van der Waals surface area (Å²) in [6, 6.07) is 13.6. The Hall–Kier alpha value is -2.31. The Bertz CT molecular complexity index is 1070. The third kappa shape index (κ3) is 2.99. The number of aromatic nitrogens is 1. The molecule has 1 aliphatic rings. The molecule has 0 bridgehead atoms. The number of sulfonamides is 1. The van der Waals surface area contributed by atoms with Crippen molar-refractivity contribution >= 4 is 20.9 Å². The van der Waals surface area contributed by atoms with Crippen molar-refractivity contribution < 1.29 is 13.2 Å². The Morgan fingerprint density at radius 1 is 1.19 bits per heavy atom. The van der Waals surface area contributed by atoms with E-state index in [2.05, 4.69) is 4.98 Å². The molecule has 0 unspecified atom stereocenters. The molecule has 1 aromatic heterocycles. The van der Waals surface area contributed by atoms with Gasteiger partial charge in [0.2, 0.25) is 10.0 Å². The molecule has 1 aliphatic heterocycles. The number of hydrogen-bond donors (Lipinski definition) is 1. The lowest BCUT2D eigenvalue weighted by atomic mass is 10.1. The van der Waals surface area contributed by atoms with E-state index in [9.17, 15) is 8.42 Å². The number of H-pyrrole nitrogens is 1. The third-order valence-corrected chi connectivity index (χ3v) is 6.78. The highest BCUT2D eigenvalue weighted by Gasteiger charge is 2.29. The first-order chi connectivity index (χ1) is 12.5. The number of hydrogen-bond acceptors (Lipinski definition) is 3. The van der Waals surface area contributed by atoms with Crippen LogP contribution >= 0.6 is 0 Å². The van der Waals surface area contributed by atoms with Crippen LogP contribution in [0.1, 0.15) is 22.4 Å². The van der Waals surface area contributed by atoms with Gasteiger partial charge in [-0.3, -0.25) is 0 Å². The van der Waals surface area contributed by atoms with Crippen LogP contribution in [0.2, 0.25) is 0 Å². The van der Waals surface area contributed by atoms with Gasteiger partial charge in [-0.05, 0) is 24.1 Å². The maximum Gasteiger partial charge on any atom is 0.218 e. The summed E-state index contributed by atoms with van der Waals surface area (Å²) >= 11 is 0. The molecule has 0 fully saturated rings. The molecule has 2 heterocycles. The number of ether oxygens (including phenoxy) is 1. The highest BCUT2D eigenvalue weighted by Crippen LogP contribution is 2.33. The predicted molar refractivity (Wildman–Crippen MR) is 103 cm³/mol. The van der Waals surface area contributed by atoms with Crippen molar-refractivity contribution in [2.24, 2.45) is 0 Å². The van der Waals surface area contributed by atoms with Crippen molar-refractivity contribution in [2.75, 3.05) is 13.7 Å². The van der Waals surface area contributed by atoms with Crippen molar-refractivity contribution in [3.63, 3.8) is 0 Å². The number of aryl methyl sites for hydroxylation is 1. The van der Waals surface area contributed by atoms with E-state index < -0.39 is 10.0 Å². The summed E-state index contributed by atoms with van der Waals surface area (Å²) in [7, 11) is -1.72. The van der Waals surface area contributed by atoms with Crippen LogP contribution in [0.4, 0.5) is 0 Å². The zero-order valence-corrected chi connectivity index (χ0v) is 15.8. The normalized spacial score (nSPS) is 15.2. The molecule has 2 aromatic carbocycles. The van der Waals surface area contributed by atoms with Crippen LogP contribution in [-0.2, 0) is 28.7 Å². The predicted octanol–water partition coefficient (Wildman–Crippen LogP) is 3.37. The van der Waals surface area contributed by atoms with Crippen LogP contribution in [0.3, 0.4) is 0 Å². The molecule has 0 saturated heterocycles. The van der Waals surface area contributed by atoms with E-state index in [1.54, 1.807) is 11.4 Å². The summed E-state index contributed by atoms with van der Waals surface area (Å²) in [5, 5.41) is 1.04. The molecule has 26 heavy (non-hydrogen) atoms. The monoisotopic (exact) mass is 370 g/mol. The lowest BCUT2D eigenvalue weighted by molar-refractivity contribution is 0.390. The van der Waals surface area contributed by atoms with Crippen LogP contribution < -0.4 is 4.74 Å². The second-order valence-electron chi connectivity index (χ2n) is 6.79. The smallest absolute Gasteiger partial charge is 0.218 e. The van der Waals surface area contributed by atoms with Gasteiger partial charge >= 0.3 is 0 Å². The van der Waals surface area contributed by atoms with E-state index in [1.807, 2.05) is 49.4 Å². The van der Waals surface area contributed by atoms with Gasteiger partial charge in [-0.25, -0.2) is 8.42 Å². The van der Waals surface area contributed by atoms with Gasteiger partial charge in [0.05, 0.1) is 18.4 Å². The molecule has 3 aromatic rings. The highest BCUT2D eigenvalue weighted by molar-refractivity contribution is 7.88. The summed E-state index contributed by atoms with van der Waals surface area (Å²) in [5.41, 5.74) is 5.00. The number of rotatable bonds is 4. The topological polar surface area (TPSA) is 62.4 Å². The highest BCUT2D eigenvalue weighted by atomic mass is 32.2. The first-order valence-electron chi connectivity index (χ1n) is 8.68. The molecular formula is C20H22N2O3S. The summed E-state index contributed by atoms with van der Waals surface area (Å²) in [6.07, 6.45) is 0.681. The largest absolute Gasteiger partial charge is 0.495 e. The molecule has 0 radical (unpaired) electrons. The van der Waals surface area contributed by atoms with Gasteiger partial charge in [-0.15, -0.1) is 0 Å². The average Bonchev–Trinajstić information content (AvgIpc) is 2.99. The molecule has 6 heteroatoms. The van der Waals surface area contributed by atoms with Crippen LogP contribution in [0.25, 0.3) is 10.9 Å². The molecule has 0 amide bonds. The van der Waals surface area contributed by atoms with Gasteiger partial charge in [-0.2, -0.15) is 4.31 Å². The second-order valence-corrected chi connectivity index (χ2v) is 8.76. The Kier molecular flexibility index (Phi) is 4.25. The van der Waals surface area contributed by atoms with Crippen molar-refractivity contribution in [1.82, 2.24) is 9.29 Å². The third-order valence-electron chi connectivity index (χ3n) is 4.98. The van der Waals surface area contributed by atoms with Gasteiger partial charge in [0.15, 0.2) is 0 Å². The maximum atomic E-state index is 12.9. The van der Waals surface area contributed by atoms with E-state index in [0.29, 0.717) is 19.5 Å². The Labute approximate surface area is 153 Å². The lowest BCUT2D eigenvalue weighted by Gasteiger charge is -2.26. The van der Waals surface area contributed by atoms with E-state index in [0.717, 1.165) is 39.0 Å². The first kappa shape index (κ1) is 17.1. The van der Waals surface area contributed by atoms with Crippen molar-refractivity contribution in [2.45, 2.75) is 25.6 Å². The Balaban J connectivity index is 1.65. The number of fused-ring (bicyclic) bond motifs is 3. The van der Waals surface area contributed by atoms with Gasteiger partial charge in [-0.1, -0.05) is 42.0 Å². The van der Waals surface area contributed by atoms with Crippen molar-refractivity contribution in [3.8, 4) is 5.75 Å². The minimum absolute atomic E-state index is 0.0374. The number of aromatic amines is 1. The number of nitrogens with one attached hydrogen (secondary N) is 1. The molecule has 0 spiro atoms. The molecule has 5 nitrogen and oxygen atoms in total. The SMILES string of the molecule is COc1cccc2c3c([nH]c12)CCN(S(=O)(=O)Cc1cccc(C)c1)C3. The van der Waals surface area contributed by atoms with Gasteiger partial charge in [0.25, 0.3) is 0 Å². The van der Waals surface area contributed by atoms with Crippen molar-refractivity contribution in [1.29, 1.82) is 0 Å². The molecule has 0 aliphatic carbocycles. The van der Waals surface area contributed by atoms with E-state index in [-0.39, 0.29) is 5.75 Å². The number of nitrogens with zero attached hydrogens (tertiary/aromatic N) is 1. The minimum Gasteiger partial charge on any atom is -0.495 e. The zero-order valence-electron chi connectivity index (χ0n) is 15.0. The van der Waals surface area contributed by atoms with Crippen molar-refractivity contribution in [3.05, 3.63) is 64.8 Å². The molecule has 0 saturated carbocycles. The van der Waals surface area contributed by atoms with Crippen LogP contribution in [-0.4, -0.2) is 31.4 Å². The quantitative estimate of drug-likeness (QED) is 0.766. The standard InChI is InChI=1S/C20H22N2O3S/c1-14-5-3-6-15(11-14)13-26(23,24)22-10-9-18-17(12-22)16-7-4-8-19(25-2)20(16)21-18/h3-8,11,21H,9-10,12-13H2,1-2H3. The summed E-state index contributed by atoms with van der Waals surface area (Å²) in [4.78, 5) is 3.42. The van der Waals surface area contributed by atoms with E-state index in [1.165, 1.54) is 0 Å². The average molecular weight is 370 g/mol. The fourth-order valence-corrected chi connectivity index (χ4v) is 5.18. The van der Waals surface area contributed by atoms with Gasteiger partial charge in [0, 0.05) is 30.6 Å². The van der Waals surface area contributed by atoms with Crippen LogP contribution in [0.5, 0.6) is 5.75 Å². The van der Waals surface area contributed by atoms with Gasteiger partial charge in [0.1, 0.15) is 5.75 Å². The minimum atomic E-state index is -3.37. The molecule has 1 N–H and O–H groups in total. The Morgan fingerprint density at radius 3 is 2.77 bits per heavy atom. The maximum absolute atomic E-state index is 12.9. The Morgan fingerprint density at radius 2 is 2.00 bits per heavy atom. The molecule has 4 rings (SSSR count). The first-order valence-corrected chi connectivity index (χ1v) is 10.3. The number of para-hydroxylation sites is 1. The lowest BCUT2D eigenvalue weighted by Crippen LogP contribution is -2.36. The zero-order chi connectivity index (χ0) is 18.3. The van der Waals surface area contributed by atoms with Crippen LogP contribution in [0.15, 0.2) is 42.5 Å². The second kappa shape index (κ2) is 6.45. The number of methoxy groups -OCH3 is 1. The van der Waals surface area contributed by atoms with Crippen LogP contribution in [0, 0.1) is 6.92 Å². The van der Waals surface area contributed by atoms with Gasteiger partial charge < -0.3 is 9.72 Å². The molecular weight excluding hydrogens is 348 g/mol. The fourth-order valence-electron chi connectivity index (χ4n) is 3.70. The number of benzene rings is 2. The summed E-state index contributed by atoms with van der Waals surface area (Å²) in [6.45, 7) is 2.87. The van der Waals surface area contributed by atoms with E-state index >= 15 is 0 Å². The molecule has 0 atom stereocenters. The molecule has 136 valence electrons. The summed E-state index contributed by atoms with van der Waals surface area (Å²) < 4.78 is 32.9.